The van der Waals surface area contributed by atoms with Gasteiger partial charge in [0.15, 0.2) is 0 Å². The summed E-state index contributed by atoms with van der Waals surface area (Å²) in [4.78, 5) is 10.4. The highest BCUT2D eigenvalue weighted by Crippen LogP contribution is 2.13. The normalized spacial score (nSPS) is 12.1. The standard InChI is InChI=1S/C10H13NO3/c1-7-3-2-4-8(5-7)9(6-12)11-10(13)14/h2-5,9,11-12H,6H2,1H3,(H,13,14)/t9-/m0/s1. The number of carbonyl (C=O) groups is 1. The Hall–Kier alpha value is -1.55. The summed E-state index contributed by atoms with van der Waals surface area (Å²) in [6.45, 7) is 1.68. The lowest BCUT2D eigenvalue weighted by Gasteiger charge is -2.14. The fourth-order valence-electron chi connectivity index (χ4n) is 1.27. The van der Waals surface area contributed by atoms with Crippen molar-refractivity contribution >= 4 is 6.09 Å². The van der Waals surface area contributed by atoms with Crippen LogP contribution in [-0.4, -0.2) is 22.9 Å². The van der Waals surface area contributed by atoms with Crippen LogP contribution in [0.4, 0.5) is 4.79 Å². The van der Waals surface area contributed by atoms with Gasteiger partial charge in [-0.1, -0.05) is 29.8 Å². The number of aryl methyl sites for hydroxylation is 1. The molecule has 0 aromatic heterocycles. The maximum absolute atomic E-state index is 10.4. The van der Waals surface area contributed by atoms with Crippen molar-refractivity contribution in [1.82, 2.24) is 5.32 Å². The molecule has 0 aliphatic carbocycles. The molecule has 0 heterocycles. The zero-order chi connectivity index (χ0) is 10.6. The first-order valence-electron chi connectivity index (χ1n) is 4.30. The predicted molar refractivity (Wildman–Crippen MR) is 52.2 cm³/mol. The molecule has 1 aromatic rings. The molecular formula is C10H13NO3. The number of benzene rings is 1. The maximum Gasteiger partial charge on any atom is 0.405 e. The van der Waals surface area contributed by atoms with E-state index in [4.69, 9.17) is 10.2 Å². The number of amides is 1. The second-order valence-electron chi connectivity index (χ2n) is 3.10. The van der Waals surface area contributed by atoms with Crippen LogP contribution in [0, 0.1) is 6.92 Å². The lowest BCUT2D eigenvalue weighted by atomic mass is 10.1. The van der Waals surface area contributed by atoms with E-state index in [1.165, 1.54) is 0 Å². The van der Waals surface area contributed by atoms with Crippen LogP contribution in [0.1, 0.15) is 17.2 Å². The summed E-state index contributed by atoms with van der Waals surface area (Å²) < 4.78 is 0. The Morgan fingerprint density at radius 1 is 1.57 bits per heavy atom. The van der Waals surface area contributed by atoms with Gasteiger partial charge >= 0.3 is 6.09 Å². The molecule has 0 fully saturated rings. The van der Waals surface area contributed by atoms with Crippen LogP contribution < -0.4 is 5.32 Å². The van der Waals surface area contributed by atoms with E-state index in [0.29, 0.717) is 0 Å². The molecule has 76 valence electrons. The van der Waals surface area contributed by atoms with Gasteiger partial charge in [-0.05, 0) is 12.5 Å². The quantitative estimate of drug-likeness (QED) is 0.680. The molecule has 1 amide bonds. The van der Waals surface area contributed by atoms with Gasteiger partial charge in [0.05, 0.1) is 12.6 Å². The highest BCUT2D eigenvalue weighted by Gasteiger charge is 2.12. The minimum Gasteiger partial charge on any atom is -0.465 e. The van der Waals surface area contributed by atoms with Crippen LogP contribution in [0.3, 0.4) is 0 Å². The summed E-state index contributed by atoms with van der Waals surface area (Å²) in [6, 6.07) is 6.82. The van der Waals surface area contributed by atoms with Gasteiger partial charge in [-0.15, -0.1) is 0 Å². The molecule has 4 heteroatoms. The van der Waals surface area contributed by atoms with E-state index in [2.05, 4.69) is 5.32 Å². The van der Waals surface area contributed by atoms with E-state index >= 15 is 0 Å². The highest BCUT2D eigenvalue weighted by atomic mass is 16.4. The average Bonchev–Trinajstić information content (AvgIpc) is 2.14. The van der Waals surface area contributed by atoms with Crippen LogP contribution in [0.15, 0.2) is 24.3 Å². The van der Waals surface area contributed by atoms with E-state index in [1.54, 1.807) is 6.07 Å². The number of carboxylic acid groups (broad SMARTS) is 1. The SMILES string of the molecule is Cc1cccc([C@H](CO)NC(=O)O)c1. The van der Waals surface area contributed by atoms with Gasteiger partial charge in [-0.2, -0.15) is 0 Å². The van der Waals surface area contributed by atoms with Gasteiger partial charge in [0.2, 0.25) is 0 Å². The molecule has 0 unspecified atom stereocenters. The molecule has 1 aromatic carbocycles. The van der Waals surface area contributed by atoms with Crippen LogP contribution in [0.2, 0.25) is 0 Å². The van der Waals surface area contributed by atoms with Gasteiger partial charge in [0, 0.05) is 0 Å². The van der Waals surface area contributed by atoms with Crippen molar-refractivity contribution in [3.63, 3.8) is 0 Å². The molecule has 1 atom stereocenters. The predicted octanol–water partition coefficient (Wildman–Crippen LogP) is 1.30. The number of hydrogen-bond donors (Lipinski definition) is 3. The van der Waals surface area contributed by atoms with E-state index in [1.807, 2.05) is 25.1 Å². The van der Waals surface area contributed by atoms with Crippen molar-refractivity contribution in [3.8, 4) is 0 Å². The van der Waals surface area contributed by atoms with E-state index < -0.39 is 12.1 Å². The summed E-state index contributed by atoms with van der Waals surface area (Å²) >= 11 is 0. The average molecular weight is 195 g/mol. The Bertz CT molecular complexity index is 325. The van der Waals surface area contributed by atoms with Crippen molar-refractivity contribution in [2.75, 3.05) is 6.61 Å². The molecule has 0 spiro atoms. The fraction of sp³-hybridized carbons (Fsp3) is 0.300. The molecule has 0 bridgehead atoms. The molecule has 0 radical (unpaired) electrons. The number of rotatable bonds is 3. The maximum atomic E-state index is 10.4. The number of aliphatic hydroxyl groups excluding tert-OH is 1. The third-order valence-electron chi connectivity index (χ3n) is 1.92. The Kier molecular flexibility index (Phi) is 3.48. The largest absolute Gasteiger partial charge is 0.465 e. The van der Waals surface area contributed by atoms with Crippen LogP contribution >= 0.6 is 0 Å². The molecule has 3 N–H and O–H groups in total. The van der Waals surface area contributed by atoms with Gasteiger partial charge in [-0.25, -0.2) is 4.79 Å². The summed E-state index contributed by atoms with van der Waals surface area (Å²) in [5, 5.41) is 19.8. The Morgan fingerprint density at radius 2 is 2.29 bits per heavy atom. The number of aliphatic hydroxyl groups is 1. The van der Waals surface area contributed by atoms with Gasteiger partial charge in [0.1, 0.15) is 0 Å². The fourth-order valence-corrected chi connectivity index (χ4v) is 1.27. The monoisotopic (exact) mass is 195 g/mol. The molecule has 0 aliphatic heterocycles. The van der Waals surface area contributed by atoms with Gasteiger partial charge in [-0.3, -0.25) is 0 Å². The Morgan fingerprint density at radius 3 is 2.79 bits per heavy atom. The van der Waals surface area contributed by atoms with E-state index in [-0.39, 0.29) is 6.61 Å². The molecule has 0 saturated carbocycles. The molecule has 14 heavy (non-hydrogen) atoms. The molecular weight excluding hydrogens is 182 g/mol. The minimum atomic E-state index is -1.13. The highest BCUT2D eigenvalue weighted by molar-refractivity contribution is 5.65. The summed E-state index contributed by atoms with van der Waals surface area (Å²) in [7, 11) is 0. The first-order chi connectivity index (χ1) is 6.63. The van der Waals surface area contributed by atoms with Crippen LogP contribution in [-0.2, 0) is 0 Å². The topological polar surface area (TPSA) is 69.6 Å². The second kappa shape index (κ2) is 4.62. The third kappa shape index (κ3) is 2.74. The zero-order valence-electron chi connectivity index (χ0n) is 7.90. The first kappa shape index (κ1) is 10.5. The van der Waals surface area contributed by atoms with Crippen molar-refractivity contribution < 1.29 is 15.0 Å². The number of nitrogens with one attached hydrogen (secondary N) is 1. The van der Waals surface area contributed by atoms with Crippen molar-refractivity contribution in [2.45, 2.75) is 13.0 Å². The second-order valence-corrected chi connectivity index (χ2v) is 3.10. The van der Waals surface area contributed by atoms with Crippen molar-refractivity contribution in [3.05, 3.63) is 35.4 Å². The summed E-state index contributed by atoms with van der Waals surface area (Å²) in [5.74, 6) is 0. The molecule has 4 nitrogen and oxygen atoms in total. The summed E-state index contributed by atoms with van der Waals surface area (Å²) in [5.41, 5.74) is 1.81. The van der Waals surface area contributed by atoms with Gasteiger partial charge in [0.25, 0.3) is 0 Å². The van der Waals surface area contributed by atoms with Gasteiger partial charge < -0.3 is 15.5 Å². The van der Waals surface area contributed by atoms with Crippen LogP contribution in [0.25, 0.3) is 0 Å². The number of hydrogen-bond acceptors (Lipinski definition) is 2. The Labute approximate surface area is 82.2 Å². The van der Waals surface area contributed by atoms with E-state index in [0.717, 1.165) is 11.1 Å². The minimum absolute atomic E-state index is 0.240. The van der Waals surface area contributed by atoms with Crippen molar-refractivity contribution in [1.29, 1.82) is 0 Å². The zero-order valence-corrected chi connectivity index (χ0v) is 7.90. The summed E-state index contributed by atoms with van der Waals surface area (Å²) in [6.07, 6.45) is -1.13. The van der Waals surface area contributed by atoms with Crippen LogP contribution in [0.5, 0.6) is 0 Å². The smallest absolute Gasteiger partial charge is 0.405 e. The lowest BCUT2D eigenvalue weighted by molar-refractivity contribution is 0.177. The molecule has 0 aliphatic rings. The molecule has 1 rings (SSSR count). The Balaban J connectivity index is 2.83. The van der Waals surface area contributed by atoms with E-state index in [9.17, 15) is 4.79 Å². The third-order valence-corrected chi connectivity index (χ3v) is 1.92. The molecule has 0 saturated heterocycles. The van der Waals surface area contributed by atoms with Crippen molar-refractivity contribution in [2.24, 2.45) is 0 Å². The first-order valence-corrected chi connectivity index (χ1v) is 4.30. The lowest BCUT2D eigenvalue weighted by Crippen LogP contribution is -2.29.